The van der Waals surface area contributed by atoms with E-state index in [4.69, 9.17) is 11.4 Å². The van der Waals surface area contributed by atoms with Gasteiger partial charge in [-0.25, -0.2) is 0 Å². The van der Waals surface area contributed by atoms with E-state index in [0.29, 0.717) is 0 Å². The van der Waals surface area contributed by atoms with Gasteiger partial charge in [-0.2, -0.15) is 0 Å². The summed E-state index contributed by atoms with van der Waals surface area (Å²) in [4.78, 5) is 0. The van der Waals surface area contributed by atoms with Crippen LogP contribution >= 0.6 is 0 Å². The van der Waals surface area contributed by atoms with Crippen LogP contribution in [0.3, 0.4) is 0 Å². The minimum absolute atomic E-state index is 0. The molecule has 0 unspecified atom stereocenters. The molecule has 1 radical (unpaired) electrons. The van der Waals surface area contributed by atoms with Crippen molar-refractivity contribution >= 4 is 26.2 Å². The Bertz CT molecular complexity index is 59.2. The molecule has 1 N–H and O–H groups in total. The van der Waals surface area contributed by atoms with Gasteiger partial charge in [0.05, 0.1) is 0 Å². The van der Waals surface area contributed by atoms with E-state index in [-0.39, 0.29) is 48.6 Å². The Morgan fingerprint density at radius 2 is 1.33 bits per heavy atom. The summed E-state index contributed by atoms with van der Waals surface area (Å²) in [6.07, 6.45) is 0. The quantitative estimate of drug-likeness (QED) is 0.386. The summed E-state index contributed by atoms with van der Waals surface area (Å²) in [6, 6.07) is 0. The molecule has 6 heavy (non-hydrogen) atoms. The topological polar surface area (TPSA) is 54.4 Å². The predicted octanol–water partition coefficient (Wildman–Crippen LogP) is -1.98. The van der Waals surface area contributed by atoms with Crippen LogP contribution in [-0.2, 0) is 45.1 Å². The molecule has 0 spiro atoms. The second-order valence-electron chi connectivity index (χ2n) is 0.238. The fourth-order valence-electron chi connectivity index (χ4n) is 0. The van der Waals surface area contributed by atoms with E-state index in [0.717, 1.165) is 0 Å². The van der Waals surface area contributed by atoms with E-state index < -0.39 is 15.4 Å². The van der Waals surface area contributed by atoms with Crippen molar-refractivity contribution < 1.29 is 49.2 Å². The molecule has 0 rings (SSSR count). The predicted molar refractivity (Wildman–Crippen MR) is 13.5 cm³/mol. The number of hydrogen-bond acceptors (Lipinski definition) is 2. The van der Waals surface area contributed by atoms with Crippen LogP contribution in [0.2, 0.25) is 0 Å². The van der Waals surface area contributed by atoms with Crippen LogP contribution in [0, 0.1) is 0 Å². The van der Waals surface area contributed by atoms with Gasteiger partial charge in [-0.3, -0.25) is 0 Å². The molecule has 0 amide bonds. The number of hydrogen-bond donors (Lipinski definition) is 1. The first-order valence-corrected chi connectivity index (χ1v) is 2.33. The molecule has 0 saturated carbocycles. The second kappa shape index (κ2) is 9.90. The molecule has 43 valence electrons. The molecule has 0 saturated heterocycles. The summed E-state index contributed by atoms with van der Waals surface area (Å²) in [5.74, 6) is 0. The third kappa shape index (κ3) is 42.0. The molecule has 0 heterocycles. The zero-order valence-electron chi connectivity index (χ0n) is 2.72. The summed E-state index contributed by atoms with van der Waals surface area (Å²) in [5.41, 5.74) is 0. The van der Waals surface area contributed by atoms with E-state index in [9.17, 15) is 0 Å². The van der Waals surface area contributed by atoms with Crippen LogP contribution in [0.1, 0.15) is 0 Å². The van der Waals surface area contributed by atoms with E-state index in [1.54, 1.807) is 0 Å². The van der Waals surface area contributed by atoms with Crippen molar-refractivity contribution in [1.29, 1.82) is 0 Å². The molecular weight excluding hydrogens is 505 g/mol. The van der Waals surface area contributed by atoms with Gasteiger partial charge in [0.15, 0.2) is 0 Å². The molecular formula is H4AuBiO3V. The Morgan fingerprint density at radius 3 is 1.33 bits per heavy atom. The average Bonchev–Trinajstić information content (AvgIpc) is 0.811. The van der Waals surface area contributed by atoms with Crippen molar-refractivity contribution in [3.8, 4) is 0 Å². The van der Waals surface area contributed by atoms with Gasteiger partial charge in [-0.15, -0.1) is 0 Å². The van der Waals surface area contributed by atoms with Crippen molar-refractivity contribution in [2.24, 2.45) is 0 Å². The van der Waals surface area contributed by atoms with Gasteiger partial charge in [0.25, 0.3) is 0 Å². The van der Waals surface area contributed by atoms with Gasteiger partial charge in [0.1, 0.15) is 0 Å². The normalized spacial score (nSPS) is 4.17. The molecule has 3 nitrogen and oxygen atoms in total. The molecule has 0 aromatic heterocycles. The molecule has 0 aliphatic rings. The molecule has 0 aromatic rings. The Hall–Kier alpha value is 1.77. The van der Waals surface area contributed by atoms with Gasteiger partial charge in [-0.05, 0) is 0 Å². The molecule has 0 atom stereocenters. The van der Waals surface area contributed by atoms with Crippen molar-refractivity contribution in [2.45, 2.75) is 0 Å². The van der Waals surface area contributed by atoms with E-state index in [1.165, 1.54) is 0 Å². The van der Waals surface area contributed by atoms with Gasteiger partial charge in [0, 0.05) is 22.4 Å². The fraction of sp³-hybridized carbons (Fsp3) is 0. The Kier molecular flexibility index (Phi) is 25.8. The first-order valence-electron chi connectivity index (χ1n) is 0.565. The SMILES string of the molecule is [Au].[BiH3].[O]=[V](=[O])[OH]. The summed E-state index contributed by atoms with van der Waals surface area (Å²) >= 11 is -3.69. The van der Waals surface area contributed by atoms with Crippen molar-refractivity contribution in [3.63, 3.8) is 0 Å². The zero-order valence-corrected chi connectivity index (χ0v) is 11.8. The second-order valence-corrected chi connectivity index (χ2v) is 0.981. The first kappa shape index (κ1) is 15.7. The van der Waals surface area contributed by atoms with E-state index >= 15 is 0 Å². The standard InChI is InChI=1S/Au.Bi.H2O.2O.V.3H/h;;1H2;;;;;;/q;;;;;+1;;;/p-1. The summed E-state index contributed by atoms with van der Waals surface area (Å²) < 4.78 is 24.4. The van der Waals surface area contributed by atoms with Crippen LogP contribution in [0.4, 0.5) is 0 Å². The van der Waals surface area contributed by atoms with Gasteiger partial charge >= 0.3 is 53.0 Å². The Morgan fingerprint density at radius 1 is 1.33 bits per heavy atom. The third-order valence-electron chi connectivity index (χ3n) is 0. The third-order valence-corrected chi connectivity index (χ3v) is 0. The minimum atomic E-state index is -3.69. The van der Waals surface area contributed by atoms with Crippen molar-refractivity contribution in [2.75, 3.05) is 0 Å². The maximum absolute atomic E-state index is 8.67. The summed E-state index contributed by atoms with van der Waals surface area (Å²) in [5, 5.41) is 0. The van der Waals surface area contributed by atoms with E-state index in [1.807, 2.05) is 0 Å². The molecule has 0 bridgehead atoms. The fourth-order valence-corrected chi connectivity index (χ4v) is 0. The van der Waals surface area contributed by atoms with Gasteiger partial charge < -0.3 is 0 Å². The summed E-state index contributed by atoms with van der Waals surface area (Å²) in [7, 11) is 0. The van der Waals surface area contributed by atoms with Crippen LogP contribution in [0.15, 0.2) is 0 Å². The molecule has 6 heteroatoms. The molecule has 0 aromatic carbocycles. The zero-order chi connectivity index (χ0) is 3.58. The monoisotopic (exact) mass is 509 g/mol. The molecule has 0 aliphatic heterocycles. The van der Waals surface area contributed by atoms with Crippen LogP contribution in [0.5, 0.6) is 0 Å². The van der Waals surface area contributed by atoms with Crippen molar-refractivity contribution in [3.05, 3.63) is 0 Å². The van der Waals surface area contributed by atoms with Crippen LogP contribution in [0.25, 0.3) is 0 Å². The number of rotatable bonds is 0. The van der Waals surface area contributed by atoms with Crippen molar-refractivity contribution in [1.82, 2.24) is 0 Å². The maximum atomic E-state index is 8.67. The summed E-state index contributed by atoms with van der Waals surface area (Å²) in [6.45, 7) is 0. The molecule has 0 aliphatic carbocycles. The van der Waals surface area contributed by atoms with Gasteiger partial charge in [0.2, 0.25) is 0 Å². The van der Waals surface area contributed by atoms with Crippen LogP contribution < -0.4 is 0 Å². The average molecular weight is 509 g/mol. The first-order chi connectivity index (χ1) is 1.73. The Balaban J connectivity index is -0.0000000450. The van der Waals surface area contributed by atoms with Gasteiger partial charge in [-0.1, -0.05) is 0 Å². The molecule has 0 fully saturated rings. The van der Waals surface area contributed by atoms with Crippen LogP contribution in [-0.4, -0.2) is 30.2 Å². The Labute approximate surface area is 74.5 Å². The van der Waals surface area contributed by atoms with E-state index in [2.05, 4.69) is 0 Å².